The zero-order valence-corrected chi connectivity index (χ0v) is 23.4. The number of aryl methyl sites for hydroxylation is 1. The summed E-state index contributed by atoms with van der Waals surface area (Å²) in [7, 11) is -7.60. The SMILES string of the molecule is CCOP1(=O)N=C(c2c(O)c(-c3ccco3)nn(CCC(C)(C)C)c2=O)Nc2ccc(NS(C)(=O)=O)cc21. The Bertz CT molecular complexity index is 1610. The van der Waals surface area contributed by atoms with E-state index in [0.717, 1.165) is 6.26 Å². The molecule has 3 N–H and O–H groups in total. The summed E-state index contributed by atoms with van der Waals surface area (Å²) in [5, 5.41) is 18.6. The van der Waals surface area contributed by atoms with Crippen molar-refractivity contribution < 1.29 is 27.0 Å². The molecule has 2 aromatic heterocycles. The number of amidine groups is 1. The zero-order chi connectivity index (χ0) is 27.9. The fraction of sp³-hybridized carbons (Fsp3) is 0.375. The van der Waals surface area contributed by atoms with Crippen LogP contribution in [0.15, 0.2) is 50.6 Å². The van der Waals surface area contributed by atoms with E-state index in [1.807, 2.05) is 20.8 Å². The van der Waals surface area contributed by atoms with Gasteiger partial charge in [-0.25, -0.2) is 13.1 Å². The largest absolute Gasteiger partial charge is 0.505 e. The highest BCUT2D eigenvalue weighted by Crippen LogP contribution is 2.52. The van der Waals surface area contributed by atoms with Crippen molar-refractivity contribution in [3.05, 3.63) is 52.5 Å². The fourth-order valence-corrected chi connectivity index (χ4v) is 6.18. The molecule has 1 unspecified atom stereocenters. The van der Waals surface area contributed by atoms with Crippen molar-refractivity contribution in [3.8, 4) is 17.2 Å². The highest BCUT2D eigenvalue weighted by Gasteiger charge is 2.36. The number of anilines is 2. The standard InChI is InChI=1S/C24H30N5O7PS/c1-6-36-37(32)18-14-15(28-38(5,33)34)9-10-16(18)25-22(27-37)19-21(30)20(17-8-7-13-35-17)26-29(23(19)31)12-11-24(2,3)4/h7-10,13-14,28,30H,6,11-12H2,1-5H3,(H,25,27,32). The van der Waals surface area contributed by atoms with Gasteiger partial charge in [0, 0.05) is 12.2 Å². The van der Waals surface area contributed by atoms with Gasteiger partial charge >= 0.3 is 7.52 Å². The van der Waals surface area contributed by atoms with E-state index < -0.39 is 28.9 Å². The Kier molecular flexibility index (Phi) is 7.30. The second-order valence-corrected chi connectivity index (χ2v) is 13.7. The molecule has 0 radical (unpaired) electrons. The quantitative estimate of drug-likeness (QED) is 0.346. The predicted octanol–water partition coefficient (Wildman–Crippen LogP) is 3.74. The van der Waals surface area contributed by atoms with Gasteiger partial charge in [-0.1, -0.05) is 20.8 Å². The van der Waals surface area contributed by atoms with Gasteiger partial charge in [-0.2, -0.15) is 9.86 Å². The summed E-state index contributed by atoms with van der Waals surface area (Å²) in [6.07, 6.45) is 3.02. The fourth-order valence-electron chi connectivity index (χ4n) is 3.82. The van der Waals surface area contributed by atoms with Gasteiger partial charge in [0.1, 0.15) is 5.56 Å². The number of sulfonamides is 1. The molecule has 204 valence electrons. The van der Waals surface area contributed by atoms with E-state index in [4.69, 9.17) is 8.94 Å². The number of aromatic hydroxyl groups is 1. The molecule has 0 amide bonds. The number of rotatable bonds is 8. The molecule has 1 atom stereocenters. The lowest BCUT2D eigenvalue weighted by molar-refractivity contribution is 0.334. The van der Waals surface area contributed by atoms with Crippen LogP contribution >= 0.6 is 7.52 Å². The van der Waals surface area contributed by atoms with Gasteiger partial charge in [0.15, 0.2) is 23.0 Å². The normalized spacial score (nSPS) is 17.4. The molecule has 0 fully saturated rings. The summed E-state index contributed by atoms with van der Waals surface area (Å²) >= 11 is 0. The van der Waals surface area contributed by atoms with E-state index in [9.17, 15) is 22.9 Å². The Morgan fingerprint density at radius 3 is 2.61 bits per heavy atom. The highest BCUT2D eigenvalue weighted by molar-refractivity contribution is 7.92. The third-order valence-electron chi connectivity index (χ3n) is 5.59. The third kappa shape index (κ3) is 5.85. The van der Waals surface area contributed by atoms with Crippen LogP contribution in [0.25, 0.3) is 11.5 Å². The number of hydrogen-bond donors (Lipinski definition) is 3. The van der Waals surface area contributed by atoms with E-state index in [2.05, 4.69) is 19.9 Å². The van der Waals surface area contributed by atoms with Crippen LogP contribution in [-0.2, 0) is 25.7 Å². The lowest BCUT2D eigenvalue weighted by Gasteiger charge is -2.26. The maximum Gasteiger partial charge on any atom is 0.348 e. The molecule has 1 aromatic carbocycles. The van der Waals surface area contributed by atoms with Crippen LogP contribution in [-0.4, -0.2) is 42.0 Å². The molecule has 1 aliphatic heterocycles. The minimum Gasteiger partial charge on any atom is -0.505 e. The number of nitrogens with one attached hydrogen (secondary N) is 2. The molecule has 0 saturated heterocycles. The first-order valence-electron chi connectivity index (χ1n) is 11.8. The van der Waals surface area contributed by atoms with Gasteiger partial charge in [0.05, 0.1) is 30.1 Å². The first kappa shape index (κ1) is 27.6. The molecule has 14 heteroatoms. The van der Waals surface area contributed by atoms with Gasteiger partial charge in [-0.05, 0) is 49.1 Å². The van der Waals surface area contributed by atoms with Gasteiger partial charge < -0.3 is 19.4 Å². The molecular weight excluding hydrogens is 533 g/mol. The van der Waals surface area contributed by atoms with Gasteiger partial charge in [-0.3, -0.25) is 14.1 Å². The van der Waals surface area contributed by atoms with Crippen LogP contribution in [0.5, 0.6) is 5.75 Å². The molecule has 1 aliphatic rings. The maximum absolute atomic E-state index is 14.0. The summed E-state index contributed by atoms with van der Waals surface area (Å²) in [6, 6.07) is 7.54. The molecule has 0 bridgehead atoms. The van der Waals surface area contributed by atoms with Crippen LogP contribution in [0.3, 0.4) is 0 Å². The smallest absolute Gasteiger partial charge is 0.348 e. The van der Waals surface area contributed by atoms with Gasteiger partial charge in [0.25, 0.3) is 5.56 Å². The van der Waals surface area contributed by atoms with Crippen molar-refractivity contribution >= 4 is 40.1 Å². The molecule has 0 saturated carbocycles. The van der Waals surface area contributed by atoms with E-state index in [1.165, 1.54) is 29.1 Å². The number of aromatic nitrogens is 2. The molecule has 4 rings (SSSR count). The Hall–Kier alpha value is -3.41. The predicted molar refractivity (Wildman–Crippen MR) is 146 cm³/mol. The number of furan rings is 1. The summed E-state index contributed by atoms with van der Waals surface area (Å²) < 4.78 is 56.2. The van der Waals surface area contributed by atoms with Crippen LogP contribution in [0.1, 0.15) is 39.7 Å². The molecule has 3 aromatic rings. The molecular formula is C24H30N5O7PS. The molecule has 38 heavy (non-hydrogen) atoms. The van der Waals surface area contributed by atoms with E-state index in [0.29, 0.717) is 6.42 Å². The highest BCUT2D eigenvalue weighted by atomic mass is 32.2. The van der Waals surface area contributed by atoms with Gasteiger partial charge in [0.2, 0.25) is 10.0 Å². The number of hydrogen-bond acceptors (Lipinski definition) is 9. The average Bonchev–Trinajstić information content (AvgIpc) is 3.32. The summed E-state index contributed by atoms with van der Waals surface area (Å²) in [4.78, 5) is 13.6. The van der Waals surface area contributed by atoms with Crippen molar-refractivity contribution in [2.24, 2.45) is 10.2 Å². The Morgan fingerprint density at radius 2 is 2.00 bits per heavy atom. The Labute approximate surface area is 220 Å². The maximum atomic E-state index is 14.0. The number of fused-ring (bicyclic) bond motifs is 1. The third-order valence-corrected chi connectivity index (χ3v) is 8.25. The minimum atomic E-state index is -4.00. The van der Waals surface area contributed by atoms with E-state index >= 15 is 0 Å². The number of benzene rings is 1. The van der Waals surface area contributed by atoms with E-state index in [1.54, 1.807) is 19.1 Å². The first-order chi connectivity index (χ1) is 17.7. The van der Waals surface area contributed by atoms with Crippen LogP contribution in [0, 0.1) is 5.41 Å². The lowest BCUT2D eigenvalue weighted by Crippen LogP contribution is -2.35. The Morgan fingerprint density at radius 1 is 1.26 bits per heavy atom. The minimum absolute atomic E-state index is 0.0209. The lowest BCUT2D eigenvalue weighted by atomic mass is 9.92. The van der Waals surface area contributed by atoms with E-state index in [-0.39, 0.29) is 58.1 Å². The Balaban J connectivity index is 1.90. The molecule has 0 aliphatic carbocycles. The van der Waals surface area contributed by atoms with Crippen LogP contribution < -0.4 is 20.9 Å². The average molecular weight is 564 g/mol. The van der Waals surface area contributed by atoms with Crippen molar-refractivity contribution in [2.75, 3.05) is 22.9 Å². The second-order valence-electron chi connectivity index (χ2n) is 10.0. The summed E-state index contributed by atoms with van der Waals surface area (Å²) in [5.74, 6) is -0.431. The van der Waals surface area contributed by atoms with Crippen LogP contribution in [0.2, 0.25) is 0 Å². The zero-order valence-electron chi connectivity index (χ0n) is 21.7. The number of nitrogens with zero attached hydrogens (tertiary/aromatic N) is 3. The van der Waals surface area contributed by atoms with Crippen molar-refractivity contribution in [3.63, 3.8) is 0 Å². The topological polar surface area (TPSA) is 165 Å². The van der Waals surface area contributed by atoms with Crippen molar-refractivity contribution in [1.29, 1.82) is 0 Å². The first-order valence-corrected chi connectivity index (χ1v) is 15.3. The molecule has 0 spiro atoms. The van der Waals surface area contributed by atoms with Crippen LogP contribution in [0.4, 0.5) is 11.4 Å². The van der Waals surface area contributed by atoms with Gasteiger partial charge in [-0.15, -0.1) is 0 Å². The molecule has 3 heterocycles. The van der Waals surface area contributed by atoms with Crippen molar-refractivity contribution in [1.82, 2.24) is 9.78 Å². The summed E-state index contributed by atoms with van der Waals surface area (Å²) in [5.41, 5.74) is -0.524. The monoisotopic (exact) mass is 563 g/mol. The van der Waals surface area contributed by atoms with Crippen molar-refractivity contribution in [2.45, 2.75) is 40.7 Å². The molecule has 12 nitrogen and oxygen atoms in total. The second kappa shape index (κ2) is 10.0. The summed E-state index contributed by atoms with van der Waals surface area (Å²) in [6.45, 7) is 7.99.